The quantitative estimate of drug-likeness (QED) is 0.684. The molecule has 0 saturated carbocycles. The zero-order valence-corrected chi connectivity index (χ0v) is 11.6. The third-order valence-corrected chi connectivity index (χ3v) is 3.05. The van der Waals surface area contributed by atoms with E-state index >= 15 is 0 Å². The fourth-order valence-electron chi connectivity index (χ4n) is 1.70. The number of halogens is 1. The Labute approximate surface area is 128 Å². The first-order valence-electron chi connectivity index (χ1n) is 5.88. The highest BCUT2D eigenvalue weighted by molar-refractivity contribution is 6.34. The minimum atomic E-state index is -0.700. The van der Waals surface area contributed by atoms with Crippen molar-refractivity contribution in [3.8, 4) is 0 Å². The Balaban J connectivity index is 2.29. The van der Waals surface area contributed by atoms with E-state index in [1.165, 1.54) is 36.4 Å². The molecule has 0 aliphatic carbocycles. The van der Waals surface area contributed by atoms with Crippen molar-refractivity contribution in [1.82, 2.24) is 0 Å². The number of amides is 1. The molecule has 0 aliphatic rings. The maximum Gasteiger partial charge on any atom is 0.271 e. The van der Waals surface area contributed by atoms with Gasteiger partial charge in [-0.05, 0) is 12.1 Å². The Morgan fingerprint density at radius 2 is 1.64 bits per heavy atom. The van der Waals surface area contributed by atoms with Crippen LogP contribution in [0.4, 0.5) is 17.1 Å². The summed E-state index contributed by atoms with van der Waals surface area (Å²) in [5.74, 6) is -0.700. The highest BCUT2D eigenvalue weighted by atomic mass is 35.5. The standard InChI is InChI=1S/C13H8ClN3O5/c14-12-5-4-10(17(21)22)7-11(12)13(18)15-8-2-1-3-9(6-8)16(19)20/h1-7H,(H,15,18). The normalized spacial score (nSPS) is 10.0. The van der Waals surface area contributed by atoms with Gasteiger partial charge in [-0.1, -0.05) is 17.7 Å². The van der Waals surface area contributed by atoms with Crippen molar-refractivity contribution < 1.29 is 14.6 Å². The van der Waals surface area contributed by atoms with Crippen LogP contribution in [0.25, 0.3) is 0 Å². The maximum atomic E-state index is 12.1. The van der Waals surface area contributed by atoms with Gasteiger partial charge in [0.2, 0.25) is 0 Å². The van der Waals surface area contributed by atoms with E-state index in [0.717, 1.165) is 6.07 Å². The minimum Gasteiger partial charge on any atom is -0.322 e. The Bertz CT molecular complexity index is 778. The van der Waals surface area contributed by atoms with Gasteiger partial charge in [0.05, 0.1) is 20.4 Å². The van der Waals surface area contributed by atoms with Crippen LogP contribution < -0.4 is 5.32 Å². The van der Waals surface area contributed by atoms with Crippen molar-refractivity contribution >= 4 is 34.6 Å². The van der Waals surface area contributed by atoms with Gasteiger partial charge in [-0.15, -0.1) is 0 Å². The van der Waals surface area contributed by atoms with Gasteiger partial charge in [0.15, 0.2) is 0 Å². The summed E-state index contributed by atoms with van der Waals surface area (Å²) in [6, 6.07) is 8.75. The van der Waals surface area contributed by atoms with E-state index in [1.807, 2.05) is 0 Å². The summed E-state index contributed by atoms with van der Waals surface area (Å²) in [5.41, 5.74) is -0.388. The first-order valence-corrected chi connectivity index (χ1v) is 6.26. The maximum absolute atomic E-state index is 12.1. The fourth-order valence-corrected chi connectivity index (χ4v) is 1.90. The number of anilines is 1. The summed E-state index contributed by atoms with van der Waals surface area (Å²) in [5, 5.41) is 23.8. The molecule has 0 fully saturated rings. The first-order chi connectivity index (χ1) is 10.4. The number of nitrogens with zero attached hydrogens (tertiary/aromatic N) is 2. The van der Waals surface area contributed by atoms with E-state index < -0.39 is 15.8 Å². The topological polar surface area (TPSA) is 115 Å². The molecular weight excluding hydrogens is 314 g/mol. The van der Waals surface area contributed by atoms with Crippen molar-refractivity contribution in [1.29, 1.82) is 0 Å². The number of non-ortho nitro benzene ring substituents is 2. The molecule has 0 saturated heterocycles. The summed E-state index contributed by atoms with van der Waals surface area (Å²) in [6.07, 6.45) is 0. The van der Waals surface area contributed by atoms with Crippen LogP contribution in [0.15, 0.2) is 42.5 Å². The third-order valence-electron chi connectivity index (χ3n) is 2.72. The van der Waals surface area contributed by atoms with Crippen LogP contribution in [0.5, 0.6) is 0 Å². The summed E-state index contributed by atoms with van der Waals surface area (Å²) < 4.78 is 0. The highest BCUT2D eigenvalue weighted by Gasteiger charge is 2.16. The molecule has 0 unspecified atom stereocenters. The molecule has 2 rings (SSSR count). The summed E-state index contributed by atoms with van der Waals surface area (Å²) >= 11 is 5.85. The highest BCUT2D eigenvalue weighted by Crippen LogP contribution is 2.24. The van der Waals surface area contributed by atoms with Crippen molar-refractivity contribution in [2.45, 2.75) is 0 Å². The van der Waals surface area contributed by atoms with Crippen molar-refractivity contribution in [3.05, 3.63) is 73.3 Å². The smallest absolute Gasteiger partial charge is 0.271 e. The van der Waals surface area contributed by atoms with Crippen LogP contribution in [0.3, 0.4) is 0 Å². The number of nitro benzene ring substituents is 2. The van der Waals surface area contributed by atoms with Crippen LogP contribution in [0.1, 0.15) is 10.4 Å². The molecule has 9 heteroatoms. The Morgan fingerprint density at radius 1 is 1.00 bits per heavy atom. The van der Waals surface area contributed by atoms with Crippen LogP contribution >= 0.6 is 11.6 Å². The van der Waals surface area contributed by atoms with E-state index in [-0.39, 0.29) is 27.6 Å². The molecule has 0 spiro atoms. The largest absolute Gasteiger partial charge is 0.322 e. The molecule has 0 radical (unpaired) electrons. The number of rotatable bonds is 4. The summed E-state index contributed by atoms with van der Waals surface area (Å²) in [4.78, 5) is 32.2. The monoisotopic (exact) mass is 321 g/mol. The van der Waals surface area contributed by atoms with Gasteiger partial charge in [0.25, 0.3) is 17.3 Å². The van der Waals surface area contributed by atoms with E-state index in [9.17, 15) is 25.0 Å². The number of hydrogen-bond acceptors (Lipinski definition) is 5. The lowest BCUT2D eigenvalue weighted by Gasteiger charge is -2.06. The average molecular weight is 322 g/mol. The SMILES string of the molecule is O=C(Nc1cccc([N+](=O)[O-])c1)c1cc([N+](=O)[O-])ccc1Cl. The number of nitro groups is 2. The zero-order chi connectivity index (χ0) is 16.3. The van der Waals surface area contributed by atoms with Gasteiger partial charge in [-0.3, -0.25) is 25.0 Å². The van der Waals surface area contributed by atoms with Gasteiger partial charge in [-0.2, -0.15) is 0 Å². The molecule has 0 atom stereocenters. The average Bonchev–Trinajstić information content (AvgIpc) is 2.47. The van der Waals surface area contributed by atoms with E-state index in [1.54, 1.807) is 0 Å². The Hall–Kier alpha value is -3.00. The molecule has 1 amide bonds. The molecule has 1 N–H and O–H groups in total. The van der Waals surface area contributed by atoms with Crippen LogP contribution in [0, 0.1) is 20.2 Å². The molecule has 112 valence electrons. The lowest BCUT2D eigenvalue weighted by Crippen LogP contribution is -2.13. The Morgan fingerprint density at radius 3 is 2.27 bits per heavy atom. The third kappa shape index (κ3) is 3.36. The van der Waals surface area contributed by atoms with Crippen LogP contribution in [-0.4, -0.2) is 15.8 Å². The lowest BCUT2D eigenvalue weighted by molar-refractivity contribution is -0.385. The number of benzene rings is 2. The second-order valence-corrected chi connectivity index (χ2v) is 4.59. The van der Waals surface area contributed by atoms with Crippen LogP contribution in [-0.2, 0) is 0 Å². The molecule has 0 bridgehead atoms. The van der Waals surface area contributed by atoms with Crippen LogP contribution in [0.2, 0.25) is 5.02 Å². The molecule has 2 aromatic rings. The molecule has 8 nitrogen and oxygen atoms in total. The Kier molecular flexibility index (Phi) is 4.33. The van der Waals surface area contributed by atoms with Gasteiger partial charge in [0, 0.05) is 30.0 Å². The van der Waals surface area contributed by atoms with E-state index in [4.69, 9.17) is 11.6 Å². The predicted octanol–water partition coefficient (Wildman–Crippen LogP) is 3.41. The number of hydrogen-bond donors (Lipinski definition) is 1. The molecule has 0 aliphatic heterocycles. The number of carbonyl (C=O) groups is 1. The van der Waals surface area contributed by atoms with Gasteiger partial charge < -0.3 is 5.32 Å². The van der Waals surface area contributed by atoms with Crippen molar-refractivity contribution in [2.75, 3.05) is 5.32 Å². The molecule has 0 aromatic heterocycles. The van der Waals surface area contributed by atoms with Crippen molar-refractivity contribution in [2.24, 2.45) is 0 Å². The fraction of sp³-hybridized carbons (Fsp3) is 0. The molecular formula is C13H8ClN3O5. The second kappa shape index (κ2) is 6.19. The van der Waals surface area contributed by atoms with Gasteiger partial charge in [-0.25, -0.2) is 0 Å². The van der Waals surface area contributed by atoms with E-state index in [2.05, 4.69) is 5.32 Å². The number of nitrogens with one attached hydrogen (secondary N) is 1. The van der Waals surface area contributed by atoms with Gasteiger partial charge >= 0.3 is 0 Å². The second-order valence-electron chi connectivity index (χ2n) is 4.18. The zero-order valence-electron chi connectivity index (χ0n) is 10.9. The minimum absolute atomic E-state index is 0.0357. The predicted molar refractivity (Wildman–Crippen MR) is 79.2 cm³/mol. The first kappa shape index (κ1) is 15.4. The number of carbonyl (C=O) groups excluding carboxylic acids is 1. The van der Waals surface area contributed by atoms with E-state index in [0.29, 0.717) is 0 Å². The summed E-state index contributed by atoms with van der Waals surface area (Å²) in [6.45, 7) is 0. The molecule has 22 heavy (non-hydrogen) atoms. The summed E-state index contributed by atoms with van der Waals surface area (Å²) in [7, 11) is 0. The van der Waals surface area contributed by atoms with Crippen molar-refractivity contribution in [3.63, 3.8) is 0 Å². The lowest BCUT2D eigenvalue weighted by atomic mass is 10.1. The molecule has 2 aromatic carbocycles. The molecule has 0 heterocycles. The van der Waals surface area contributed by atoms with Gasteiger partial charge in [0.1, 0.15) is 0 Å².